The van der Waals surface area contributed by atoms with Gasteiger partial charge in [-0.3, -0.25) is 4.79 Å². The smallest absolute Gasteiger partial charge is 0.250 e. The molecule has 0 spiro atoms. The number of nitrogens with zero attached hydrogens (tertiary/aromatic N) is 3. The van der Waals surface area contributed by atoms with E-state index in [0.29, 0.717) is 11.4 Å². The molecule has 0 radical (unpaired) electrons. The van der Waals surface area contributed by atoms with E-state index in [1.54, 1.807) is 42.5 Å². The molecule has 0 heterocycles. The van der Waals surface area contributed by atoms with E-state index in [9.17, 15) is 4.79 Å². The van der Waals surface area contributed by atoms with Crippen LogP contribution >= 0.6 is 0 Å². The third-order valence-electron chi connectivity index (χ3n) is 2.28. The van der Waals surface area contributed by atoms with Crippen LogP contribution in [0.4, 0.5) is 11.4 Å². The summed E-state index contributed by atoms with van der Waals surface area (Å²) in [5.41, 5.74) is 0.492. The first-order valence-corrected chi connectivity index (χ1v) is 5.75. The highest BCUT2D eigenvalue weighted by atomic mass is 16.5. The fraction of sp³-hybridized carbons (Fsp3) is 0.143. The Balaban J connectivity index is 2.95. The molecule has 0 aromatic heterocycles. The number of hydrogen-bond acceptors (Lipinski definition) is 6. The highest BCUT2D eigenvalue weighted by Crippen LogP contribution is 2.17. The highest BCUT2D eigenvalue weighted by Gasteiger charge is 2.07. The molecule has 2 N–H and O–H groups in total. The summed E-state index contributed by atoms with van der Waals surface area (Å²) in [4.78, 5) is 11.4. The maximum atomic E-state index is 11.4. The van der Waals surface area contributed by atoms with Crippen molar-refractivity contribution in [2.24, 2.45) is 0 Å². The van der Waals surface area contributed by atoms with E-state index in [1.165, 1.54) is 7.11 Å². The molecule has 0 aliphatic heterocycles. The number of hydrogen-bond donors (Lipinski definition) is 2. The van der Waals surface area contributed by atoms with Gasteiger partial charge in [0.1, 0.15) is 30.5 Å². The van der Waals surface area contributed by atoms with Crippen molar-refractivity contribution in [2.75, 3.05) is 24.4 Å². The predicted molar refractivity (Wildman–Crippen MR) is 74.4 cm³/mol. The van der Waals surface area contributed by atoms with Gasteiger partial charge < -0.3 is 15.4 Å². The van der Waals surface area contributed by atoms with Crippen LogP contribution in [0.25, 0.3) is 0 Å². The molecule has 1 amide bonds. The Bertz CT molecular complexity index is 673. The summed E-state index contributed by atoms with van der Waals surface area (Å²) in [6.45, 7) is -0.0754. The van der Waals surface area contributed by atoms with Crippen LogP contribution in [-0.4, -0.2) is 19.6 Å². The lowest BCUT2D eigenvalue weighted by atomic mass is 10.2. The Morgan fingerprint density at radius 1 is 1.14 bits per heavy atom. The second-order valence-corrected chi connectivity index (χ2v) is 3.77. The second-order valence-electron chi connectivity index (χ2n) is 3.77. The number of amides is 1. The van der Waals surface area contributed by atoms with Crippen LogP contribution in [0.5, 0.6) is 0 Å². The van der Waals surface area contributed by atoms with Crippen molar-refractivity contribution >= 4 is 17.3 Å². The molecule has 0 atom stereocenters. The zero-order valence-corrected chi connectivity index (χ0v) is 11.2. The number of nitrogens with one attached hydrogen (secondary N) is 2. The van der Waals surface area contributed by atoms with Gasteiger partial charge in [0.2, 0.25) is 5.91 Å². The van der Waals surface area contributed by atoms with Crippen molar-refractivity contribution in [3.05, 3.63) is 35.5 Å². The molecule has 7 nitrogen and oxygen atoms in total. The minimum atomic E-state index is -0.319. The quantitative estimate of drug-likeness (QED) is 0.789. The summed E-state index contributed by atoms with van der Waals surface area (Å²) in [6, 6.07) is 11.5. The van der Waals surface area contributed by atoms with E-state index in [4.69, 9.17) is 20.5 Å². The van der Waals surface area contributed by atoms with Gasteiger partial charge in [-0.2, -0.15) is 15.8 Å². The molecule has 1 aromatic rings. The monoisotopic (exact) mass is 281 g/mol. The molecule has 1 aromatic carbocycles. The maximum Gasteiger partial charge on any atom is 0.250 e. The van der Waals surface area contributed by atoms with Crippen LogP contribution in [0.2, 0.25) is 0 Å². The summed E-state index contributed by atoms with van der Waals surface area (Å²) in [7, 11) is 1.41. The van der Waals surface area contributed by atoms with Crippen molar-refractivity contribution in [3.63, 3.8) is 0 Å². The molecule has 0 fully saturated rings. The molecule has 21 heavy (non-hydrogen) atoms. The van der Waals surface area contributed by atoms with Crippen LogP contribution in [0.1, 0.15) is 0 Å². The molecular formula is C14H11N5O2. The van der Waals surface area contributed by atoms with Crippen LogP contribution < -0.4 is 10.6 Å². The third-order valence-corrected chi connectivity index (χ3v) is 2.28. The number of anilines is 2. The fourth-order valence-electron chi connectivity index (χ4n) is 1.43. The lowest BCUT2D eigenvalue weighted by Gasteiger charge is -2.08. The minimum Gasteiger partial charge on any atom is -0.375 e. The van der Waals surface area contributed by atoms with Gasteiger partial charge in [0.25, 0.3) is 0 Å². The number of rotatable bonds is 5. The Hall–Kier alpha value is -3.34. The van der Waals surface area contributed by atoms with Crippen molar-refractivity contribution in [3.8, 4) is 18.2 Å². The maximum absolute atomic E-state index is 11.4. The molecule has 0 saturated heterocycles. The van der Waals surface area contributed by atoms with Gasteiger partial charge in [-0.15, -0.1) is 0 Å². The van der Waals surface area contributed by atoms with Crippen molar-refractivity contribution < 1.29 is 9.53 Å². The average Bonchev–Trinajstić information content (AvgIpc) is 2.48. The molecule has 0 bridgehead atoms. The molecule has 1 rings (SSSR count). The number of benzene rings is 1. The van der Waals surface area contributed by atoms with Crippen molar-refractivity contribution in [1.82, 2.24) is 0 Å². The number of ether oxygens (including phenoxy) is 1. The summed E-state index contributed by atoms with van der Waals surface area (Å²) in [6.07, 6.45) is 0. The first-order valence-electron chi connectivity index (χ1n) is 5.75. The first-order chi connectivity index (χ1) is 10.1. The minimum absolute atomic E-state index is 0.0754. The van der Waals surface area contributed by atoms with E-state index < -0.39 is 0 Å². The SMILES string of the molecule is COCC(=O)Nc1cccc(NC(C#N)=C(C#N)C#N)c1. The molecule has 7 heteroatoms. The first kappa shape index (κ1) is 15.7. The number of carbonyl (C=O) groups is 1. The Morgan fingerprint density at radius 3 is 2.29 bits per heavy atom. The van der Waals surface area contributed by atoms with Crippen LogP contribution in [0, 0.1) is 34.0 Å². The molecular weight excluding hydrogens is 270 g/mol. The summed E-state index contributed by atoms with van der Waals surface area (Å²) >= 11 is 0. The van der Waals surface area contributed by atoms with E-state index >= 15 is 0 Å². The van der Waals surface area contributed by atoms with Gasteiger partial charge in [0, 0.05) is 18.5 Å². The van der Waals surface area contributed by atoms with Crippen LogP contribution in [0.15, 0.2) is 35.5 Å². The van der Waals surface area contributed by atoms with Crippen LogP contribution in [0.3, 0.4) is 0 Å². The Morgan fingerprint density at radius 2 is 1.76 bits per heavy atom. The zero-order valence-electron chi connectivity index (χ0n) is 11.2. The number of carbonyl (C=O) groups excluding carboxylic acids is 1. The van der Waals surface area contributed by atoms with E-state index in [2.05, 4.69) is 10.6 Å². The van der Waals surface area contributed by atoms with Crippen molar-refractivity contribution in [2.45, 2.75) is 0 Å². The standard InChI is InChI=1S/C14H11N5O2/c1-21-9-14(20)19-12-4-2-3-11(5-12)18-13(8-17)10(6-15)7-16/h2-5,18H,9H2,1H3,(H,19,20). The largest absolute Gasteiger partial charge is 0.375 e. The summed E-state index contributed by atoms with van der Waals surface area (Å²) in [5.74, 6) is -0.319. The second kappa shape index (κ2) is 7.96. The van der Waals surface area contributed by atoms with Gasteiger partial charge in [-0.25, -0.2) is 0 Å². The van der Waals surface area contributed by atoms with Gasteiger partial charge in [0.05, 0.1) is 0 Å². The summed E-state index contributed by atoms with van der Waals surface area (Å²) < 4.78 is 4.70. The molecule has 0 saturated carbocycles. The molecule has 0 aliphatic rings. The predicted octanol–water partition coefficient (Wildman–Crippen LogP) is 1.51. The van der Waals surface area contributed by atoms with E-state index in [1.807, 2.05) is 0 Å². The lowest BCUT2D eigenvalue weighted by molar-refractivity contribution is -0.119. The van der Waals surface area contributed by atoms with Crippen molar-refractivity contribution in [1.29, 1.82) is 15.8 Å². The lowest BCUT2D eigenvalue weighted by Crippen LogP contribution is -2.17. The normalized spacial score (nSPS) is 8.67. The Kier molecular flexibility index (Phi) is 5.95. The number of allylic oxidation sites excluding steroid dienone is 2. The topological polar surface area (TPSA) is 122 Å². The number of methoxy groups -OCH3 is 1. The molecule has 0 aliphatic carbocycles. The van der Waals surface area contributed by atoms with Crippen LogP contribution in [-0.2, 0) is 9.53 Å². The van der Waals surface area contributed by atoms with E-state index in [0.717, 1.165) is 0 Å². The summed E-state index contributed by atoms with van der Waals surface area (Å²) in [5, 5.41) is 31.7. The molecule has 0 unspecified atom stereocenters. The fourth-order valence-corrected chi connectivity index (χ4v) is 1.43. The Labute approximate surface area is 121 Å². The average molecular weight is 281 g/mol. The van der Waals surface area contributed by atoms with Gasteiger partial charge in [-0.05, 0) is 18.2 Å². The number of nitriles is 3. The third kappa shape index (κ3) is 4.68. The van der Waals surface area contributed by atoms with Gasteiger partial charge >= 0.3 is 0 Å². The zero-order chi connectivity index (χ0) is 15.7. The molecule has 104 valence electrons. The van der Waals surface area contributed by atoms with E-state index in [-0.39, 0.29) is 23.8 Å². The highest BCUT2D eigenvalue weighted by molar-refractivity contribution is 5.92. The van der Waals surface area contributed by atoms with Gasteiger partial charge in [-0.1, -0.05) is 6.07 Å². The van der Waals surface area contributed by atoms with Gasteiger partial charge in [0.15, 0.2) is 5.57 Å².